The molecule has 1 N–H and O–H groups in total. The molecule has 0 amide bonds. The van der Waals surface area contributed by atoms with Gasteiger partial charge in [0.1, 0.15) is 28.2 Å². The van der Waals surface area contributed by atoms with E-state index in [9.17, 15) is 13.5 Å². The maximum absolute atomic E-state index is 12.3. The van der Waals surface area contributed by atoms with Crippen LogP contribution in [0.1, 0.15) is 11.7 Å². The number of phenolic OH excluding ortho intramolecular Hbond substituents is 1. The number of hydrogen-bond acceptors (Lipinski definition) is 5. The van der Waals surface area contributed by atoms with Gasteiger partial charge in [0.05, 0.1) is 12.9 Å². The molecular formula is C15H14O5S. The molecule has 1 aliphatic rings. The summed E-state index contributed by atoms with van der Waals surface area (Å²) in [5, 5.41) is 9.49. The maximum Gasteiger partial charge on any atom is 0.186 e. The zero-order valence-corrected chi connectivity index (χ0v) is 12.1. The Morgan fingerprint density at radius 2 is 1.90 bits per heavy atom. The van der Waals surface area contributed by atoms with E-state index in [-0.39, 0.29) is 22.1 Å². The number of benzene rings is 2. The average molecular weight is 306 g/mol. The molecule has 0 bridgehead atoms. The second kappa shape index (κ2) is 4.96. The molecular weight excluding hydrogens is 292 g/mol. The van der Waals surface area contributed by atoms with Gasteiger partial charge in [0, 0.05) is 6.07 Å². The van der Waals surface area contributed by atoms with Gasteiger partial charge in [-0.1, -0.05) is 12.1 Å². The summed E-state index contributed by atoms with van der Waals surface area (Å²) < 4.78 is 35.4. The summed E-state index contributed by atoms with van der Waals surface area (Å²) >= 11 is 0. The van der Waals surface area contributed by atoms with Crippen molar-refractivity contribution in [3.63, 3.8) is 0 Å². The summed E-state index contributed by atoms with van der Waals surface area (Å²) in [5.41, 5.74) is 0.744. The SMILES string of the molecule is COc1ccc(C2CS(=O)(=O)c3ccc(O)cc3O2)cc1. The monoisotopic (exact) mass is 306 g/mol. The van der Waals surface area contributed by atoms with Gasteiger partial charge < -0.3 is 14.6 Å². The first-order chi connectivity index (χ1) is 9.99. The molecule has 2 aromatic carbocycles. The first kappa shape index (κ1) is 13.8. The van der Waals surface area contributed by atoms with Crippen molar-refractivity contribution in [1.29, 1.82) is 0 Å². The molecule has 2 aromatic rings. The predicted molar refractivity (Wildman–Crippen MR) is 76.5 cm³/mol. The van der Waals surface area contributed by atoms with Crippen molar-refractivity contribution in [3.8, 4) is 17.2 Å². The molecule has 1 atom stereocenters. The normalized spacial score (nSPS) is 19.4. The minimum Gasteiger partial charge on any atom is -0.508 e. The molecule has 1 heterocycles. The molecule has 0 aromatic heterocycles. The molecule has 0 aliphatic carbocycles. The Morgan fingerprint density at radius 3 is 2.57 bits per heavy atom. The van der Waals surface area contributed by atoms with E-state index in [2.05, 4.69) is 0 Å². The van der Waals surface area contributed by atoms with Crippen molar-refractivity contribution in [1.82, 2.24) is 0 Å². The average Bonchev–Trinajstić information content (AvgIpc) is 2.46. The fourth-order valence-electron chi connectivity index (χ4n) is 2.30. The van der Waals surface area contributed by atoms with Crippen molar-refractivity contribution in [2.24, 2.45) is 0 Å². The lowest BCUT2D eigenvalue weighted by atomic mass is 10.1. The first-order valence-electron chi connectivity index (χ1n) is 6.36. The van der Waals surface area contributed by atoms with E-state index in [1.54, 1.807) is 31.4 Å². The van der Waals surface area contributed by atoms with Gasteiger partial charge in [0.25, 0.3) is 0 Å². The largest absolute Gasteiger partial charge is 0.508 e. The summed E-state index contributed by atoms with van der Waals surface area (Å²) in [5.74, 6) is 0.716. The minimum atomic E-state index is -3.44. The van der Waals surface area contributed by atoms with Crippen LogP contribution in [0.5, 0.6) is 17.2 Å². The lowest BCUT2D eigenvalue weighted by Crippen LogP contribution is -2.25. The van der Waals surface area contributed by atoms with Crippen molar-refractivity contribution >= 4 is 9.84 Å². The molecule has 6 heteroatoms. The van der Waals surface area contributed by atoms with Crippen molar-refractivity contribution in [3.05, 3.63) is 48.0 Å². The molecule has 0 fully saturated rings. The number of methoxy groups -OCH3 is 1. The van der Waals surface area contributed by atoms with Gasteiger partial charge in [-0.25, -0.2) is 8.42 Å². The number of hydrogen-bond donors (Lipinski definition) is 1. The van der Waals surface area contributed by atoms with Crippen LogP contribution in [-0.4, -0.2) is 26.4 Å². The Hall–Kier alpha value is -2.21. The third kappa shape index (κ3) is 2.54. The molecule has 3 rings (SSSR count). The van der Waals surface area contributed by atoms with E-state index in [1.807, 2.05) is 0 Å². The molecule has 1 unspecified atom stereocenters. The van der Waals surface area contributed by atoms with Crippen LogP contribution in [0.15, 0.2) is 47.4 Å². The van der Waals surface area contributed by atoms with Gasteiger partial charge >= 0.3 is 0 Å². The molecule has 0 saturated carbocycles. The first-order valence-corrected chi connectivity index (χ1v) is 8.01. The van der Waals surface area contributed by atoms with Crippen LogP contribution < -0.4 is 9.47 Å². The number of ether oxygens (including phenoxy) is 2. The number of fused-ring (bicyclic) bond motifs is 1. The zero-order valence-electron chi connectivity index (χ0n) is 11.3. The summed E-state index contributed by atoms with van der Waals surface area (Å²) in [6.45, 7) is 0. The van der Waals surface area contributed by atoms with E-state index in [0.29, 0.717) is 5.75 Å². The molecule has 0 radical (unpaired) electrons. The topological polar surface area (TPSA) is 72.8 Å². The van der Waals surface area contributed by atoms with Crippen LogP contribution in [0.2, 0.25) is 0 Å². The number of sulfone groups is 1. The van der Waals surface area contributed by atoms with Crippen LogP contribution in [0.25, 0.3) is 0 Å². The number of aromatic hydroxyl groups is 1. The third-order valence-corrected chi connectivity index (χ3v) is 5.14. The molecule has 0 spiro atoms. The highest BCUT2D eigenvalue weighted by molar-refractivity contribution is 7.91. The number of rotatable bonds is 2. The molecule has 1 aliphatic heterocycles. The lowest BCUT2D eigenvalue weighted by Gasteiger charge is -2.26. The summed E-state index contributed by atoms with van der Waals surface area (Å²) in [6.07, 6.45) is -0.602. The summed E-state index contributed by atoms with van der Waals surface area (Å²) in [7, 11) is -1.87. The lowest BCUT2D eigenvalue weighted by molar-refractivity contribution is 0.214. The molecule has 110 valence electrons. The second-order valence-electron chi connectivity index (χ2n) is 4.79. The predicted octanol–water partition coefficient (Wildman–Crippen LogP) is 2.31. The van der Waals surface area contributed by atoms with E-state index in [0.717, 1.165) is 5.56 Å². The Balaban J connectivity index is 2.00. The fraction of sp³-hybridized carbons (Fsp3) is 0.200. The van der Waals surface area contributed by atoms with Crippen LogP contribution in [-0.2, 0) is 9.84 Å². The zero-order chi connectivity index (χ0) is 15.0. The van der Waals surface area contributed by atoms with Crippen LogP contribution in [0.4, 0.5) is 0 Å². The van der Waals surface area contributed by atoms with Crippen molar-refractivity contribution in [2.75, 3.05) is 12.9 Å². The standard InChI is InChI=1S/C15H14O5S/c1-19-12-5-2-10(3-6-12)14-9-21(17,18)15-7-4-11(16)8-13(15)20-14/h2-8,14,16H,9H2,1H3. The Kier molecular flexibility index (Phi) is 3.25. The van der Waals surface area contributed by atoms with Crippen LogP contribution in [0, 0.1) is 0 Å². The molecule has 5 nitrogen and oxygen atoms in total. The molecule has 0 saturated heterocycles. The van der Waals surface area contributed by atoms with Crippen molar-refractivity contribution in [2.45, 2.75) is 11.0 Å². The van der Waals surface area contributed by atoms with Gasteiger partial charge in [-0.05, 0) is 29.8 Å². The minimum absolute atomic E-state index is 0.0284. The second-order valence-corrected chi connectivity index (χ2v) is 6.79. The Labute approximate surface area is 122 Å². The smallest absolute Gasteiger partial charge is 0.186 e. The van der Waals surface area contributed by atoms with Crippen LogP contribution in [0.3, 0.4) is 0 Å². The van der Waals surface area contributed by atoms with Gasteiger partial charge in [0.15, 0.2) is 9.84 Å². The Morgan fingerprint density at radius 1 is 1.19 bits per heavy atom. The third-order valence-electron chi connectivity index (χ3n) is 3.39. The van der Waals surface area contributed by atoms with Gasteiger partial charge in [-0.2, -0.15) is 0 Å². The fourth-order valence-corrected chi connectivity index (χ4v) is 3.83. The van der Waals surface area contributed by atoms with Gasteiger partial charge in [-0.3, -0.25) is 0 Å². The van der Waals surface area contributed by atoms with E-state index < -0.39 is 15.9 Å². The maximum atomic E-state index is 12.3. The van der Waals surface area contributed by atoms with E-state index in [4.69, 9.17) is 9.47 Å². The summed E-state index contributed by atoms with van der Waals surface area (Å²) in [6, 6.07) is 11.1. The van der Waals surface area contributed by atoms with E-state index >= 15 is 0 Å². The highest BCUT2D eigenvalue weighted by Crippen LogP contribution is 2.38. The van der Waals surface area contributed by atoms with Gasteiger partial charge in [-0.15, -0.1) is 0 Å². The van der Waals surface area contributed by atoms with Gasteiger partial charge in [0.2, 0.25) is 0 Å². The number of phenols is 1. The highest BCUT2D eigenvalue weighted by atomic mass is 32.2. The van der Waals surface area contributed by atoms with Crippen molar-refractivity contribution < 1.29 is 23.0 Å². The molecule has 21 heavy (non-hydrogen) atoms. The quantitative estimate of drug-likeness (QED) is 0.921. The summed E-state index contributed by atoms with van der Waals surface area (Å²) in [4.78, 5) is 0.116. The van der Waals surface area contributed by atoms with E-state index in [1.165, 1.54) is 18.2 Å². The highest BCUT2D eigenvalue weighted by Gasteiger charge is 2.33. The Bertz CT molecular complexity index is 765. The van der Waals surface area contributed by atoms with Crippen LogP contribution >= 0.6 is 0 Å².